The molecule has 0 saturated heterocycles. The molecule has 0 fully saturated rings. The van der Waals surface area contributed by atoms with Crippen molar-refractivity contribution in [2.75, 3.05) is 18.6 Å². The van der Waals surface area contributed by atoms with E-state index in [9.17, 15) is 18.3 Å². The fourth-order valence-electron chi connectivity index (χ4n) is 3.11. The van der Waals surface area contributed by atoms with E-state index in [4.69, 9.17) is 23.2 Å². The van der Waals surface area contributed by atoms with E-state index in [2.05, 4.69) is 0 Å². The lowest BCUT2D eigenvalue weighted by atomic mass is 10.2. The molecule has 1 aromatic heterocycles. The molecule has 1 N–H and O–H groups in total. The van der Waals surface area contributed by atoms with Gasteiger partial charge in [0.25, 0.3) is 15.6 Å². The quantitative estimate of drug-likeness (QED) is 0.574. The van der Waals surface area contributed by atoms with Crippen molar-refractivity contribution in [3.05, 3.63) is 80.2 Å². The van der Waals surface area contributed by atoms with E-state index in [1.54, 1.807) is 42.3 Å². The highest BCUT2D eigenvalue weighted by molar-refractivity contribution is 7.89. The monoisotopic (exact) mass is 469 g/mol. The summed E-state index contributed by atoms with van der Waals surface area (Å²) >= 11 is 12.1. The summed E-state index contributed by atoms with van der Waals surface area (Å²) in [5.74, 6) is 0. The molecule has 7 nitrogen and oxygen atoms in total. The number of rotatable bonds is 7. The number of aliphatic hydroxyl groups excluding tert-OH is 1. The van der Waals surface area contributed by atoms with Gasteiger partial charge in [-0.25, -0.2) is 4.68 Å². The van der Waals surface area contributed by atoms with Gasteiger partial charge >= 0.3 is 0 Å². The Balaban J connectivity index is 2.10. The number of anilines is 1. The molecule has 0 aliphatic rings. The number of aliphatic hydroxyl groups is 1. The van der Waals surface area contributed by atoms with Crippen LogP contribution in [-0.4, -0.2) is 35.9 Å². The maximum Gasteiger partial charge on any atom is 0.281 e. The molecule has 0 radical (unpaired) electrons. The molecular weight excluding hydrogens is 449 g/mol. The zero-order valence-corrected chi connectivity index (χ0v) is 18.7. The lowest BCUT2D eigenvalue weighted by Crippen LogP contribution is -2.31. The van der Waals surface area contributed by atoms with Gasteiger partial charge in [0.05, 0.1) is 30.3 Å². The largest absolute Gasteiger partial charge is 0.394 e. The molecule has 2 aromatic carbocycles. The summed E-state index contributed by atoms with van der Waals surface area (Å²) < 4.78 is 28.7. The molecule has 30 heavy (non-hydrogen) atoms. The van der Waals surface area contributed by atoms with Crippen LogP contribution in [0.4, 0.5) is 5.69 Å². The number of nitrogens with zero attached hydrogens (tertiary/aromatic N) is 3. The first-order valence-corrected chi connectivity index (χ1v) is 11.2. The van der Waals surface area contributed by atoms with E-state index in [-0.39, 0.29) is 30.3 Å². The summed E-state index contributed by atoms with van der Waals surface area (Å²) in [6.07, 6.45) is 0. The van der Waals surface area contributed by atoms with E-state index in [0.717, 1.165) is 14.3 Å². The van der Waals surface area contributed by atoms with E-state index < -0.39 is 15.6 Å². The van der Waals surface area contributed by atoms with Crippen molar-refractivity contribution in [2.45, 2.75) is 24.9 Å². The number of aryl methyl sites for hydroxylation is 1. The van der Waals surface area contributed by atoms with Gasteiger partial charge in [0, 0.05) is 28.8 Å². The van der Waals surface area contributed by atoms with Crippen LogP contribution >= 0.6 is 23.2 Å². The molecule has 0 aliphatic heterocycles. The van der Waals surface area contributed by atoms with Crippen LogP contribution in [0.3, 0.4) is 0 Å². The maximum atomic E-state index is 13.4. The highest BCUT2D eigenvalue weighted by Crippen LogP contribution is 2.26. The molecule has 0 saturated carbocycles. The minimum atomic E-state index is -4.07. The van der Waals surface area contributed by atoms with Gasteiger partial charge in [-0.2, -0.15) is 12.5 Å². The Labute approximate surface area is 184 Å². The van der Waals surface area contributed by atoms with Gasteiger partial charge in [0.15, 0.2) is 0 Å². The average molecular weight is 470 g/mol. The van der Waals surface area contributed by atoms with Crippen molar-refractivity contribution in [3.8, 4) is 0 Å². The Morgan fingerprint density at radius 2 is 1.63 bits per heavy atom. The normalized spacial score (nSPS) is 11.6. The van der Waals surface area contributed by atoms with Gasteiger partial charge in [-0.05, 0) is 37.3 Å². The van der Waals surface area contributed by atoms with E-state index >= 15 is 0 Å². The Hall–Kier alpha value is -2.26. The van der Waals surface area contributed by atoms with Crippen LogP contribution in [0.2, 0.25) is 10.0 Å². The summed E-state index contributed by atoms with van der Waals surface area (Å²) in [5, 5.41) is 10.2. The Morgan fingerprint density at radius 3 is 2.20 bits per heavy atom. The van der Waals surface area contributed by atoms with Gasteiger partial charge in [-0.1, -0.05) is 40.9 Å². The molecule has 0 unspecified atom stereocenters. The molecule has 0 aliphatic carbocycles. The Bertz CT molecular complexity index is 1200. The molecular formula is C20H21Cl2N3O4S. The topological polar surface area (TPSA) is 84.5 Å². The van der Waals surface area contributed by atoms with Crippen LogP contribution in [0, 0.1) is 6.92 Å². The maximum absolute atomic E-state index is 13.4. The van der Waals surface area contributed by atoms with Gasteiger partial charge in [-0.15, -0.1) is 0 Å². The van der Waals surface area contributed by atoms with Crippen LogP contribution in [0.15, 0.2) is 58.2 Å². The van der Waals surface area contributed by atoms with E-state index in [0.29, 0.717) is 15.7 Å². The van der Waals surface area contributed by atoms with E-state index in [1.165, 1.54) is 18.2 Å². The third kappa shape index (κ3) is 4.57. The van der Waals surface area contributed by atoms with Gasteiger partial charge in [0.1, 0.15) is 0 Å². The predicted octanol–water partition coefficient (Wildman–Crippen LogP) is 3.13. The molecule has 1 heterocycles. The zero-order valence-electron chi connectivity index (χ0n) is 16.4. The van der Waals surface area contributed by atoms with Gasteiger partial charge < -0.3 is 10.0 Å². The van der Waals surface area contributed by atoms with E-state index in [1.807, 2.05) is 6.92 Å². The number of aromatic nitrogens is 2. The SMILES string of the molecule is Cc1ccc(S(=O)(=O)n2c(CN(C)c3cc(Cl)cc(Cl)c3)cc(=O)n2CCO)cc1. The van der Waals surface area contributed by atoms with Crippen molar-refractivity contribution in [1.82, 2.24) is 8.77 Å². The first kappa shape index (κ1) is 22.4. The average Bonchev–Trinajstić information content (AvgIpc) is 2.97. The molecule has 160 valence electrons. The molecule has 3 rings (SSSR count). The Morgan fingerprint density at radius 1 is 1.03 bits per heavy atom. The first-order chi connectivity index (χ1) is 14.1. The second-order valence-electron chi connectivity index (χ2n) is 6.87. The second-order valence-corrected chi connectivity index (χ2v) is 9.51. The molecule has 0 amide bonds. The molecule has 3 aromatic rings. The third-order valence-electron chi connectivity index (χ3n) is 4.56. The van der Waals surface area contributed by atoms with Crippen molar-refractivity contribution in [2.24, 2.45) is 0 Å². The van der Waals surface area contributed by atoms with Crippen molar-refractivity contribution in [1.29, 1.82) is 0 Å². The van der Waals surface area contributed by atoms with Crippen molar-refractivity contribution in [3.63, 3.8) is 0 Å². The summed E-state index contributed by atoms with van der Waals surface area (Å²) in [6.45, 7) is 1.41. The molecule has 0 atom stereocenters. The van der Waals surface area contributed by atoms with Crippen molar-refractivity contribution < 1.29 is 13.5 Å². The third-order valence-corrected chi connectivity index (χ3v) is 6.75. The van der Waals surface area contributed by atoms with Gasteiger partial charge in [-0.3, -0.25) is 4.79 Å². The molecule has 0 spiro atoms. The summed E-state index contributed by atoms with van der Waals surface area (Å²) in [7, 11) is -2.34. The van der Waals surface area contributed by atoms with Crippen LogP contribution in [0.1, 0.15) is 11.3 Å². The van der Waals surface area contributed by atoms with Crippen LogP contribution in [-0.2, 0) is 23.1 Å². The summed E-state index contributed by atoms with van der Waals surface area (Å²) in [5.41, 5.74) is 1.29. The smallest absolute Gasteiger partial charge is 0.281 e. The summed E-state index contributed by atoms with van der Waals surface area (Å²) in [6, 6.07) is 12.6. The lowest BCUT2D eigenvalue weighted by molar-refractivity contribution is 0.264. The zero-order chi connectivity index (χ0) is 22.1. The van der Waals surface area contributed by atoms with Crippen LogP contribution in [0.25, 0.3) is 0 Å². The highest BCUT2D eigenvalue weighted by atomic mass is 35.5. The van der Waals surface area contributed by atoms with Crippen molar-refractivity contribution >= 4 is 38.9 Å². The van der Waals surface area contributed by atoms with Gasteiger partial charge in [0.2, 0.25) is 0 Å². The number of hydrogen-bond donors (Lipinski definition) is 1. The number of hydrogen-bond acceptors (Lipinski definition) is 5. The lowest BCUT2D eigenvalue weighted by Gasteiger charge is -2.22. The van der Waals surface area contributed by atoms with Crippen LogP contribution in [0.5, 0.6) is 0 Å². The fraction of sp³-hybridized carbons (Fsp3) is 0.250. The minimum absolute atomic E-state index is 0.0464. The highest BCUT2D eigenvalue weighted by Gasteiger charge is 2.25. The predicted molar refractivity (Wildman–Crippen MR) is 118 cm³/mol. The standard InChI is InChI=1S/C20H21Cl2N3O4S/c1-14-3-5-19(6-4-14)30(28,29)25-18(12-20(27)24(25)7-8-26)13-23(2)17-10-15(21)9-16(22)11-17/h3-6,9-12,26H,7-8,13H2,1-2H3. The molecule has 10 heteroatoms. The summed E-state index contributed by atoms with van der Waals surface area (Å²) in [4.78, 5) is 14.3. The fourth-order valence-corrected chi connectivity index (χ4v) is 5.14. The number of halogens is 2. The second kappa shape index (κ2) is 8.85. The Kier molecular flexibility index (Phi) is 6.62. The number of benzene rings is 2. The first-order valence-electron chi connectivity index (χ1n) is 9.05. The molecule has 0 bridgehead atoms. The minimum Gasteiger partial charge on any atom is -0.394 e. The van der Waals surface area contributed by atoms with Crippen LogP contribution < -0.4 is 10.5 Å².